The van der Waals surface area contributed by atoms with Gasteiger partial charge in [0.1, 0.15) is 5.75 Å². The summed E-state index contributed by atoms with van der Waals surface area (Å²) in [5.74, 6) is -0.781. The number of aryl methyl sites for hydroxylation is 1. The maximum absolute atomic E-state index is 12.9. The number of nitrogens with zero attached hydrogens (tertiary/aromatic N) is 3. The zero-order valence-corrected chi connectivity index (χ0v) is 17.0. The molecule has 1 aromatic carbocycles. The maximum atomic E-state index is 12.9. The van der Waals surface area contributed by atoms with Crippen LogP contribution in [0.4, 0.5) is 5.13 Å². The van der Waals surface area contributed by atoms with E-state index < -0.39 is 12.6 Å². The van der Waals surface area contributed by atoms with Crippen molar-refractivity contribution in [2.24, 2.45) is 4.99 Å². The predicted molar refractivity (Wildman–Crippen MR) is 111 cm³/mol. The Hall–Kier alpha value is -2.65. The fourth-order valence-corrected chi connectivity index (χ4v) is 4.22. The number of aliphatic imine (C=N–C) groups is 1. The van der Waals surface area contributed by atoms with Gasteiger partial charge in [-0.1, -0.05) is 25.1 Å². The molecule has 7 nitrogen and oxygen atoms in total. The van der Waals surface area contributed by atoms with Crippen molar-refractivity contribution in [3.63, 3.8) is 0 Å². The number of carbonyl (C=O) groups is 2. The van der Waals surface area contributed by atoms with Gasteiger partial charge in [-0.25, -0.2) is 9.78 Å². The number of carboxylic acid groups (broad SMARTS) is 1. The smallest absolute Gasteiger partial charge is 0.341 e. The number of benzene rings is 1. The third-order valence-electron chi connectivity index (χ3n) is 3.69. The fourth-order valence-electron chi connectivity index (χ4n) is 2.50. The summed E-state index contributed by atoms with van der Waals surface area (Å²) in [6, 6.07) is 7.02. The van der Waals surface area contributed by atoms with Gasteiger partial charge in [0.15, 0.2) is 11.8 Å². The van der Waals surface area contributed by atoms with Crippen LogP contribution >= 0.6 is 23.1 Å². The molecule has 0 spiro atoms. The Morgan fingerprint density at radius 1 is 1.39 bits per heavy atom. The molecular formula is C19H19N3O4S2. The number of rotatable bonds is 7. The maximum Gasteiger partial charge on any atom is 0.341 e. The third-order valence-corrected chi connectivity index (χ3v) is 5.55. The van der Waals surface area contributed by atoms with E-state index in [1.165, 1.54) is 23.1 Å². The van der Waals surface area contributed by atoms with Crippen LogP contribution < -0.4 is 4.74 Å². The van der Waals surface area contributed by atoms with Gasteiger partial charge in [0.05, 0.1) is 10.6 Å². The molecule has 0 unspecified atom stereocenters. The average molecular weight is 418 g/mol. The molecule has 3 rings (SSSR count). The molecule has 9 heteroatoms. The summed E-state index contributed by atoms with van der Waals surface area (Å²) in [6.45, 7) is 4.01. The summed E-state index contributed by atoms with van der Waals surface area (Å²) in [4.78, 5) is 34.7. The normalized spacial score (nSPS) is 16.9. The summed E-state index contributed by atoms with van der Waals surface area (Å²) >= 11 is 2.71. The molecule has 2 aromatic rings. The minimum absolute atomic E-state index is 0.132. The lowest BCUT2D eigenvalue weighted by Crippen LogP contribution is -2.29. The van der Waals surface area contributed by atoms with Gasteiger partial charge in [-0.15, -0.1) is 11.3 Å². The van der Waals surface area contributed by atoms with Crippen molar-refractivity contribution in [2.45, 2.75) is 20.3 Å². The Morgan fingerprint density at radius 3 is 2.86 bits per heavy atom. The van der Waals surface area contributed by atoms with Gasteiger partial charge in [0.2, 0.25) is 5.13 Å². The highest BCUT2D eigenvalue weighted by Gasteiger charge is 2.33. The molecule has 0 atom stereocenters. The van der Waals surface area contributed by atoms with E-state index in [2.05, 4.69) is 9.98 Å². The molecule has 0 bridgehead atoms. The Balaban J connectivity index is 1.91. The molecule has 1 aliphatic heterocycles. The van der Waals surface area contributed by atoms with Crippen LogP contribution in [0.3, 0.4) is 0 Å². The minimum atomic E-state index is -1.06. The Kier molecular flexibility index (Phi) is 6.48. The Labute approximate surface area is 170 Å². The molecule has 1 amide bonds. The van der Waals surface area contributed by atoms with E-state index in [4.69, 9.17) is 9.84 Å². The van der Waals surface area contributed by atoms with Gasteiger partial charge in [0, 0.05) is 17.5 Å². The van der Waals surface area contributed by atoms with E-state index in [1.807, 2.05) is 19.2 Å². The number of carboxylic acids is 1. The number of aliphatic carboxylic acids is 1. The van der Waals surface area contributed by atoms with Crippen LogP contribution in [-0.2, 0) is 9.59 Å². The second-order valence-corrected chi connectivity index (χ2v) is 7.80. The number of thioether (sulfide) groups is 1. The monoisotopic (exact) mass is 417 g/mol. The minimum Gasteiger partial charge on any atom is -0.481 e. The second-order valence-electron chi connectivity index (χ2n) is 5.95. The molecule has 1 aromatic heterocycles. The lowest BCUT2D eigenvalue weighted by Gasteiger charge is -2.13. The number of amidine groups is 1. The number of para-hydroxylation sites is 1. The van der Waals surface area contributed by atoms with Crippen molar-refractivity contribution in [1.82, 2.24) is 9.88 Å². The number of amides is 1. The van der Waals surface area contributed by atoms with Crippen molar-refractivity contribution in [3.8, 4) is 5.75 Å². The second kappa shape index (κ2) is 9.03. The molecule has 0 radical (unpaired) electrons. The van der Waals surface area contributed by atoms with E-state index >= 15 is 0 Å². The number of ether oxygens (including phenoxy) is 1. The van der Waals surface area contributed by atoms with E-state index in [9.17, 15) is 9.59 Å². The number of carbonyl (C=O) groups excluding carboxylic acids is 1. The first-order valence-corrected chi connectivity index (χ1v) is 10.3. The SMILES string of the molecule is CCCN1C(=O)/C(=C\c2ccccc2OCC(=O)O)S/C1=N/c1nc(C)cs1. The van der Waals surface area contributed by atoms with E-state index in [1.54, 1.807) is 35.2 Å². The van der Waals surface area contributed by atoms with E-state index in [0.717, 1.165) is 12.1 Å². The van der Waals surface area contributed by atoms with Gasteiger partial charge >= 0.3 is 5.97 Å². The molecule has 28 heavy (non-hydrogen) atoms. The quantitative estimate of drug-likeness (QED) is 0.686. The zero-order chi connectivity index (χ0) is 20.1. The zero-order valence-electron chi connectivity index (χ0n) is 15.4. The lowest BCUT2D eigenvalue weighted by atomic mass is 10.2. The first-order chi connectivity index (χ1) is 13.5. The average Bonchev–Trinajstić information content (AvgIpc) is 3.19. The van der Waals surface area contributed by atoms with E-state index in [-0.39, 0.29) is 5.91 Å². The molecule has 2 heterocycles. The molecule has 0 saturated carbocycles. The summed E-state index contributed by atoms with van der Waals surface area (Å²) in [7, 11) is 0. The fraction of sp³-hybridized carbons (Fsp3) is 0.263. The van der Waals surface area contributed by atoms with Crippen molar-refractivity contribution >= 4 is 51.4 Å². The van der Waals surface area contributed by atoms with Crippen LogP contribution in [0.5, 0.6) is 5.75 Å². The topological polar surface area (TPSA) is 92.1 Å². The highest BCUT2D eigenvalue weighted by Crippen LogP contribution is 2.36. The summed E-state index contributed by atoms with van der Waals surface area (Å²) in [5, 5.41) is 12.0. The van der Waals surface area contributed by atoms with Crippen LogP contribution in [0, 0.1) is 6.92 Å². The van der Waals surface area contributed by atoms with Crippen LogP contribution in [-0.4, -0.2) is 45.2 Å². The van der Waals surface area contributed by atoms with Crippen LogP contribution in [0.1, 0.15) is 24.6 Å². The van der Waals surface area contributed by atoms with Crippen LogP contribution in [0.2, 0.25) is 0 Å². The summed E-state index contributed by atoms with van der Waals surface area (Å²) in [5.41, 5.74) is 1.53. The van der Waals surface area contributed by atoms with Gasteiger partial charge in [-0.3, -0.25) is 9.69 Å². The van der Waals surface area contributed by atoms with Crippen molar-refractivity contribution in [2.75, 3.05) is 13.2 Å². The van der Waals surface area contributed by atoms with Gasteiger partial charge in [-0.2, -0.15) is 4.99 Å². The van der Waals surface area contributed by atoms with E-state index in [0.29, 0.717) is 33.1 Å². The predicted octanol–water partition coefficient (Wildman–Crippen LogP) is 3.93. The number of thiazole rings is 1. The van der Waals surface area contributed by atoms with Crippen molar-refractivity contribution in [1.29, 1.82) is 0 Å². The van der Waals surface area contributed by atoms with Crippen LogP contribution in [0.25, 0.3) is 6.08 Å². The standard InChI is InChI=1S/C19H19N3O4S2/c1-3-8-22-17(25)15(28-19(22)21-18-20-12(2)11-27-18)9-13-6-4-5-7-14(13)26-10-16(23)24/h4-7,9,11H,3,8,10H2,1-2H3,(H,23,24)/b15-9+,21-19+. The van der Waals surface area contributed by atoms with Gasteiger partial charge < -0.3 is 9.84 Å². The highest BCUT2D eigenvalue weighted by atomic mass is 32.2. The van der Waals surface area contributed by atoms with Crippen molar-refractivity contribution < 1.29 is 19.4 Å². The first-order valence-electron chi connectivity index (χ1n) is 8.63. The Morgan fingerprint density at radius 2 is 2.18 bits per heavy atom. The van der Waals surface area contributed by atoms with Gasteiger partial charge in [-0.05, 0) is 37.2 Å². The van der Waals surface area contributed by atoms with Crippen molar-refractivity contribution in [3.05, 3.63) is 45.8 Å². The molecule has 1 saturated heterocycles. The third kappa shape index (κ3) is 4.79. The molecule has 1 aliphatic rings. The largest absolute Gasteiger partial charge is 0.481 e. The number of hydrogen-bond donors (Lipinski definition) is 1. The highest BCUT2D eigenvalue weighted by molar-refractivity contribution is 8.18. The Bertz CT molecular complexity index is 952. The molecule has 0 aliphatic carbocycles. The van der Waals surface area contributed by atoms with Gasteiger partial charge in [0.25, 0.3) is 5.91 Å². The molecule has 1 fully saturated rings. The molecular weight excluding hydrogens is 398 g/mol. The summed E-state index contributed by atoms with van der Waals surface area (Å²) in [6.07, 6.45) is 2.51. The molecule has 1 N–H and O–H groups in total. The number of aromatic nitrogens is 1. The molecule has 146 valence electrons. The lowest BCUT2D eigenvalue weighted by molar-refractivity contribution is -0.139. The first kappa shape index (κ1) is 20.1. The van der Waals surface area contributed by atoms with Crippen LogP contribution in [0.15, 0.2) is 39.5 Å². The summed E-state index contributed by atoms with van der Waals surface area (Å²) < 4.78 is 5.33. The number of hydrogen-bond acceptors (Lipinski definition) is 7.